The van der Waals surface area contributed by atoms with Gasteiger partial charge in [0.2, 0.25) is 5.91 Å². The lowest BCUT2D eigenvalue weighted by Crippen LogP contribution is -2.23. The maximum Gasteiger partial charge on any atom is 0.225 e. The lowest BCUT2D eigenvalue weighted by atomic mass is 10.2. The number of pyridine rings is 1. The van der Waals surface area contributed by atoms with Crippen molar-refractivity contribution < 1.29 is 4.79 Å². The fourth-order valence-electron chi connectivity index (χ4n) is 1.79. The van der Waals surface area contributed by atoms with Crippen LogP contribution in [0.2, 0.25) is 0 Å². The summed E-state index contributed by atoms with van der Waals surface area (Å²) in [4.78, 5) is 16.9. The van der Waals surface area contributed by atoms with Gasteiger partial charge in [0.05, 0.1) is 0 Å². The number of nitrogens with two attached hydrogens (primary N) is 1. The monoisotopic (exact) mass is 301 g/mol. The molecule has 21 heavy (non-hydrogen) atoms. The molecule has 0 aliphatic heterocycles. The maximum absolute atomic E-state index is 11.6. The first kappa shape index (κ1) is 15.5. The number of hydrogen-bond acceptors (Lipinski definition) is 4. The molecule has 5 heteroatoms. The highest BCUT2D eigenvalue weighted by Gasteiger charge is 2.05. The summed E-state index contributed by atoms with van der Waals surface area (Å²) in [5.74, 6) is 0.824. The Balaban J connectivity index is 1.86. The number of carbonyl (C=O) groups excluding carboxylic acids is 1. The van der Waals surface area contributed by atoms with Crippen LogP contribution in [0.1, 0.15) is 18.9 Å². The van der Waals surface area contributed by atoms with E-state index in [9.17, 15) is 4.79 Å². The number of hydrogen-bond donors (Lipinski definition) is 2. The van der Waals surface area contributed by atoms with Crippen LogP contribution in [0.15, 0.2) is 53.7 Å². The molecule has 0 saturated heterocycles. The first-order valence-corrected chi connectivity index (χ1v) is 7.79. The second-order valence-corrected chi connectivity index (χ2v) is 5.95. The molecule has 4 nitrogen and oxygen atoms in total. The third-order valence-electron chi connectivity index (χ3n) is 2.77. The van der Waals surface area contributed by atoms with Crippen LogP contribution in [0.4, 0.5) is 5.69 Å². The van der Waals surface area contributed by atoms with Crippen LogP contribution in [0, 0.1) is 0 Å². The summed E-state index contributed by atoms with van der Waals surface area (Å²) in [5.41, 5.74) is 7.59. The number of carbonyl (C=O) groups is 1. The highest BCUT2D eigenvalue weighted by Crippen LogP contribution is 2.23. The number of amides is 1. The molecule has 0 aliphatic rings. The van der Waals surface area contributed by atoms with Gasteiger partial charge in [0.25, 0.3) is 0 Å². The molecule has 0 fully saturated rings. The number of benzene rings is 1. The molecule has 0 saturated carbocycles. The molecule has 2 aromatic rings. The van der Waals surface area contributed by atoms with Crippen LogP contribution in [-0.4, -0.2) is 16.9 Å². The molecule has 1 aromatic heterocycles. The van der Waals surface area contributed by atoms with E-state index in [1.54, 1.807) is 18.0 Å². The van der Waals surface area contributed by atoms with Gasteiger partial charge in [0, 0.05) is 41.2 Å². The van der Waals surface area contributed by atoms with E-state index in [1.165, 1.54) is 5.56 Å². The van der Waals surface area contributed by atoms with Crippen LogP contribution in [0.5, 0.6) is 0 Å². The van der Waals surface area contributed by atoms with Crippen molar-refractivity contribution in [1.82, 2.24) is 4.98 Å². The second kappa shape index (κ2) is 7.81. The average Bonchev–Trinajstić information content (AvgIpc) is 2.47. The summed E-state index contributed by atoms with van der Waals surface area (Å²) >= 11 is 1.74. The molecule has 0 spiro atoms. The first-order chi connectivity index (χ1) is 10.1. The Labute approximate surface area is 129 Å². The fourth-order valence-corrected chi connectivity index (χ4v) is 2.62. The van der Waals surface area contributed by atoms with Crippen molar-refractivity contribution in [3.8, 4) is 0 Å². The number of nitrogens with one attached hydrogen (secondary N) is 1. The molecule has 1 aromatic carbocycles. The van der Waals surface area contributed by atoms with Gasteiger partial charge in [0.15, 0.2) is 0 Å². The minimum Gasteiger partial charge on any atom is -0.327 e. The van der Waals surface area contributed by atoms with Gasteiger partial charge in [-0.1, -0.05) is 6.07 Å². The molecular weight excluding hydrogens is 282 g/mol. The zero-order valence-electron chi connectivity index (χ0n) is 12.0. The minimum atomic E-state index is -0.126. The third-order valence-corrected chi connectivity index (χ3v) is 3.86. The maximum atomic E-state index is 11.6. The summed E-state index contributed by atoms with van der Waals surface area (Å²) in [7, 11) is 0. The van der Waals surface area contributed by atoms with E-state index in [0.29, 0.717) is 6.42 Å². The van der Waals surface area contributed by atoms with Gasteiger partial charge in [0.1, 0.15) is 0 Å². The number of anilines is 1. The van der Waals surface area contributed by atoms with E-state index in [4.69, 9.17) is 5.73 Å². The Morgan fingerprint density at radius 2 is 2.10 bits per heavy atom. The number of rotatable bonds is 6. The Morgan fingerprint density at radius 3 is 2.71 bits per heavy atom. The van der Waals surface area contributed by atoms with Crippen molar-refractivity contribution in [3.63, 3.8) is 0 Å². The Hall–Kier alpha value is -1.85. The van der Waals surface area contributed by atoms with Crippen LogP contribution in [0.25, 0.3) is 0 Å². The van der Waals surface area contributed by atoms with Crippen LogP contribution in [-0.2, 0) is 10.5 Å². The Bertz CT molecular complexity index is 570. The topological polar surface area (TPSA) is 68.0 Å². The number of nitrogens with zero attached hydrogens (tertiary/aromatic N) is 1. The van der Waals surface area contributed by atoms with Crippen LogP contribution >= 0.6 is 11.8 Å². The third kappa shape index (κ3) is 5.57. The van der Waals surface area contributed by atoms with Gasteiger partial charge in [-0.15, -0.1) is 11.8 Å². The van der Waals surface area contributed by atoms with Crippen molar-refractivity contribution >= 4 is 23.4 Å². The molecular formula is C16H19N3OS. The van der Waals surface area contributed by atoms with E-state index in [0.717, 1.165) is 16.3 Å². The van der Waals surface area contributed by atoms with E-state index in [-0.39, 0.29) is 11.9 Å². The van der Waals surface area contributed by atoms with Crippen LogP contribution in [0.3, 0.4) is 0 Å². The zero-order chi connectivity index (χ0) is 15.1. The van der Waals surface area contributed by atoms with Gasteiger partial charge in [-0.05, 0) is 42.8 Å². The van der Waals surface area contributed by atoms with Gasteiger partial charge >= 0.3 is 0 Å². The Kier molecular flexibility index (Phi) is 5.78. The zero-order valence-corrected chi connectivity index (χ0v) is 12.8. The quantitative estimate of drug-likeness (QED) is 0.805. The van der Waals surface area contributed by atoms with Crippen molar-refractivity contribution in [2.24, 2.45) is 5.73 Å². The van der Waals surface area contributed by atoms with Gasteiger partial charge in [-0.2, -0.15) is 0 Å². The highest BCUT2D eigenvalue weighted by molar-refractivity contribution is 7.98. The summed E-state index contributed by atoms with van der Waals surface area (Å²) in [6.07, 6.45) is 3.97. The molecule has 1 unspecified atom stereocenters. The smallest absolute Gasteiger partial charge is 0.225 e. The predicted molar refractivity (Wildman–Crippen MR) is 87.1 cm³/mol. The summed E-state index contributed by atoms with van der Waals surface area (Å²) < 4.78 is 0. The fraction of sp³-hybridized carbons (Fsp3) is 0.250. The van der Waals surface area contributed by atoms with Crippen LogP contribution < -0.4 is 11.1 Å². The molecule has 1 amide bonds. The van der Waals surface area contributed by atoms with Crippen molar-refractivity contribution in [2.45, 2.75) is 30.0 Å². The van der Waals surface area contributed by atoms with E-state index < -0.39 is 0 Å². The van der Waals surface area contributed by atoms with Gasteiger partial charge in [-0.25, -0.2) is 0 Å². The summed E-state index contributed by atoms with van der Waals surface area (Å²) in [5, 5.41) is 2.84. The largest absolute Gasteiger partial charge is 0.327 e. The minimum absolute atomic E-state index is 0.0548. The summed E-state index contributed by atoms with van der Waals surface area (Å²) in [6, 6.07) is 11.7. The lowest BCUT2D eigenvalue weighted by Gasteiger charge is -2.08. The van der Waals surface area contributed by atoms with E-state index in [1.807, 2.05) is 43.5 Å². The van der Waals surface area contributed by atoms with Crippen molar-refractivity contribution in [1.29, 1.82) is 0 Å². The molecule has 3 N–H and O–H groups in total. The average molecular weight is 301 g/mol. The second-order valence-electron chi connectivity index (χ2n) is 4.90. The number of aromatic nitrogens is 1. The van der Waals surface area contributed by atoms with Crippen molar-refractivity contribution in [3.05, 3.63) is 54.4 Å². The van der Waals surface area contributed by atoms with E-state index >= 15 is 0 Å². The van der Waals surface area contributed by atoms with Gasteiger partial charge < -0.3 is 11.1 Å². The van der Waals surface area contributed by atoms with Gasteiger partial charge in [-0.3, -0.25) is 9.78 Å². The standard InChI is InChI=1S/C16H19N3OS/c1-12(17)9-16(20)19-14-4-6-15(7-5-14)21-11-13-3-2-8-18-10-13/h2-8,10,12H,9,11,17H2,1H3,(H,19,20). The normalized spacial score (nSPS) is 11.9. The Morgan fingerprint density at radius 1 is 1.33 bits per heavy atom. The molecule has 0 bridgehead atoms. The highest BCUT2D eigenvalue weighted by atomic mass is 32.2. The SMILES string of the molecule is CC(N)CC(=O)Nc1ccc(SCc2cccnc2)cc1. The molecule has 0 aliphatic carbocycles. The molecule has 2 rings (SSSR count). The summed E-state index contributed by atoms with van der Waals surface area (Å²) in [6.45, 7) is 1.82. The molecule has 1 atom stereocenters. The molecule has 0 radical (unpaired) electrons. The lowest BCUT2D eigenvalue weighted by molar-refractivity contribution is -0.116. The van der Waals surface area contributed by atoms with Crippen molar-refractivity contribution in [2.75, 3.05) is 5.32 Å². The molecule has 1 heterocycles. The predicted octanol–water partition coefficient (Wildman–Crippen LogP) is 3.05. The molecule has 110 valence electrons. The van der Waals surface area contributed by atoms with E-state index in [2.05, 4.69) is 16.4 Å². The first-order valence-electron chi connectivity index (χ1n) is 6.80. The number of thioether (sulfide) groups is 1.